The Balaban J connectivity index is 2.60. The maximum absolute atomic E-state index is 11.6. The highest BCUT2D eigenvalue weighted by Gasteiger charge is 2.19. The lowest BCUT2D eigenvalue weighted by atomic mass is 10.1. The predicted molar refractivity (Wildman–Crippen MR) is 61.4 cm³/mol. The first-order chi connectivity index (χ1) is 6.93. The van der Waals surface area contributed by atoms with Crippen LogP contribution in [0.2, 0.25) is 0 Å². The van der Waals surface area contributed by atoms with Crippen LogP contribution in [0.15, 0.2) is 0 Å². The molecule has 84 valence electrons. The molecule has 0 aromatic heterocycles. The zero-order valence-electron chi connectivity index (χ0n) is 10.1. The molecule has 0 radical (unpaired) electrons. The fourth-order valence-corrected chi connectivity index (χ4v) is 1.32. The molecule has 3 heteroatoms. The Morgan fingerprint density at radius 1 is 1.27 bits per heavy atom. The van der Waals surface area contributed by atoms with E-state index in [9.17, 15) is 4.79 Å². The summed E-state index contributed by atoms with van der Waals surface area (Å²) in [5, 5.41) is 0. The van der Waals surface area contributed by atoms with Gasteiger partial charge in [-0.25, -0.2) is 0 Å². The average Bonchev–Trinajstić information content (AvgIpc) is 2.66. The lowest BCUT2D eigenvalue weighted by Gasteiger charge is -2.26. The van der Waals surface area contributed by atoms with Gasteiger partial charge in [-0.3, -0.25) is 9.69 Å². The van der Waals surface area contributed by atoms with E-state index in [0.29, 0.717) is 0 Å². The molecule has 0 bridgehead atoms. The Morgan fingerprint density at radius 3 is 2.27 bits per heavy atom. The van der Waals surface area contributed by atoms with Gasteiger partial charge in [0.25, 0.3) is 5.91 Å². The summed E-state index contributed by atoms with van der Waals surface area (Å²) in [6, 6.07) is 0. The van der Waals surface area contributed by atoms with Crippen molar-refractivity contribution in [3.63, 3.8) is 0 Å². The third-order valence-electron chi connectivity index (χ3n) is 2.99. The molecule has 0 unspecified atom stereocenters. The Bertz CT molecular complexity index is 290. The maximum Gasteiger partial charge on any atom is 0.298 e. The SMILES string of the molecule is CN(C)C(C)(C)C#CC(=O)N1CCCC1. The van der Waals surface area contributed by atoms with Crippen LogP contribution in [-0.2, 0) is 4.79 Å². The van der Waals surface area contributed by atoms with Crippen molar-refractivity contribution in [1.82, 2.24) is 9.80 Å². The summed E-state index contributed by atoms with van der Waals surface area (Å²) in [6.07, 6.45) is 2.23. The highest BCUT2D eigenvalue weighted by Crippen LogP contribution is 2.09. The molecule has 15 heavy (non-hydrogen) atoms. The van der Waals surface area contributed by atoms with E-state index in [1.165, 1.54) is 0 Å². The van der Waals surface area contributed by atoms with Crippen molar-refractivity contribution < 1.29 is 4.79 Å². The minimum absolute atomic E-state index is 0.0255. The van der Waals surface area contributed by atoms with Crippen molar-refractivity contribution in [1.29, 1.82) is 0 Å². The first-order valence-electron chi connectivity index (χ1n) is 5.43. The van der Waals surface area contributed by atoms with Crippen LogP contribution in [0, 0.1) is 11.8 Å². The quantitative estimate of drug-likeness (QED) is 0.599. The summed E-state index contributed by atoms with van der Waals surface area (Å²) in [4.78, 5) is 15.5. The van der Waals surface area contributed by atoms with Gasteiger partial charge in [0.05, 0.1) is 5.54 Å². The van der Waals surface area contributed by atoms with Crippen LogP contribution in [0.4, 0.5) is 0 Å². The molecule has 0 aliphatic carbocycles. The number of nitrogens with zero attached hydrogens (tertiary/aromatic N) is 2. The second-order valence-electron chi connectivity index (χ2n) is 4.70. The van der Waals surface area contributed by atoms with Crippen LogP contribution in [-0.4, -0.2) is 48.4 Å². The number of amides is 1. The molecule has 0 aromatic carbocycles. The monoisotopic (exact) mass is 208 g/mol. The molecule has 1 rings (SSSR count). The van der Waals surface area contributed by atoms with E-state index in [1.54, 1.807) is 0 Å². The second kappa shape index (κ2) is 4.67. The zero-order chi connectivity index (χ0) is 11.5. The van der Waals surface area contributed by atoms with E-state index in [-0.39, 0.29) is 11.4 Å². The van der Waals surface area contributed by atoms with Gasteiger partial charge in [-0.2, -0.15) is 0 Å². The number of hydrogen-bond donors (Lipinski definition) is 0. The Morgan fingerprint density at radius 2 is 1.80 bits per heavy atom. The van der Waals surface area contributed by atoms with E-state index < -0.39 is 0 Å². The standard InChI is InChI=1S/C12H20N2O/c1-12(2,13(3)4)8-7-11(15)14-9-5-6-10-14/h5-6,9-10H2,1-4H3. The Kier molecular flexibility index (Phi) is 3.76. The van der Waals surface area contributed by atoms with E-state index in [1.807, 2.05) is 37.7 Å². The molecule has 0 atom stereocenters. The number of carbonyl (C=O) groups is 1. The van der Waals surface area contributed by atoms with Crippen molar-refractivity contribution in [2.75, 3.05) is 27.2 Å². The summed E-state index contributed by atoms with van der Waals surface area (Å²) in [5.41, 5.74) is -0.241. The predicted octanol–water partition coefficient (Wildman–Crippen LogP) is 0.952. The molecule has 0 aromatic rings. The largest absolute Gasteiger partial charge is 0.332 e. The molecule has 1 aliphatic heterocycles. The minimum atomic E-state index is -0.241. The average molecular weight is 208 g/mol. The van der Waals surface area contributed by atoms with Crippen LogP contribution in [0.1, 0.15) is 26.7 Å². The van der Waals surface area contributed by atoms with Crippen molar-refractivity contribution >= 4 is 5.91 Å². The number of rotatable bonds is 1. The van der Waals surface area contributed by atoms with Gasteiger partial charge in [-0.05, 0) is 46.7 Å². The van der Waals surface area contributed by atoms with Crippen LogP contribution in [0.3, 0.4) is 0 Å². The molecule has 1 heterocycles. The van der Waals surface area contributed by atoms with Crippen LogP contribution >= 0.6 is 0 Å². The maximum atomic E-state index is 11.6. The summed E-state index contributed by atoms with van der Waals surface area (Å²) in [5.74, 6) is 5.74. The third kappa shape index (κ3) is 3.24. The van der Waals surface area contributed by atoms with E-state index in [2.05, 4.69) is 11.8 Å². The van der Waals surface area contributed by atoms with E-state index in [4.69, 9.17) is 0 Å². The highest BCUT2D eigenvalue weighted by atomic mass is 16.2. The van der Waals surface area contributed by atoms with E-state index >= 15 is 0 Å². The van der Waals surface area contributed by atoms with Crippen molar-refractivity contribution in [2.24, 2.45) is 0 Å². The first kappa shape index (κ1) is 12.1. The topological polar surface area (TPSA) is 23.6 Å². The van der Waals surface area contributed by atoms with Gasteiger partial charge in [0, 0.05) is 13.1 Å². The van der Waals surface area contributed by atoms with Crippen LogP contribution < -0.4 is 0 Å². The van der Waals surface area contributed by atoms with Crippen LogP contribution in [0.25, 0.3) is 0 Å². The molecule has 1 amide bonds. The van der Waals surface area contributed by atoms with Crippen molar-refractivity contribution in [3.05, 3.63) is 0 Å². The van der Waals surface area contributed by atoms with E-state index in [0.717, 1.165) is 25.9 Å². The molecule has 3 nitrogen and oxygen atoms in total. The first-order valence-corrected chi connectivity index (χ1v) is 5.43. The number of hydrogen-bond acceptors (Lipinski definition) is 2. The molecule has 0 saturated carbocycles. The Labute approximate surface area is 92.4 Å². The van der Waals surface area contributed by atoms with Gasteiger partial charge in [-0.15, -0.1) is 0 Å². The molecular weight excluding hydrogens is 188 g/mol. The molecule has 1 fully saturated rings. The molecule has 1 aliphatic rings. The van der Waals surface area contributed by atoms with Gasteiger partial charge in [0.15, 0.2) is 0 Å². The number of likely N-dealkylation sites (tertiary alicyclic amines) is 1. The molecule has 0 spiro atoms. The smallest absolute Gasteiger partial charge is 0.298 e. The summed E-state index contributed by atoms with van der Waals surface area (Å²) in [6.45, 7) is 5.76. The van der Waals surface area contributed by atoms with Gasteiger partial charge in [-0.1, -0.05) is 5.92 Å². The summed E-state index contributed by atoms with van der Waals surface area (Å²) < 4.78 is 0. The molecule has 1 saturated heterocycles. The minimum Gasteiger partial charge on any atom is -0.332 e. The lowest BCUT2D eigenvalue weighted by molar-refractivity contribution is -0.124. The normalized spacial score (nSPS) is 16.5. The molecule has 0 N–H and O–H groups in total. The van der Waals surface area contributed by atoms with Gasteiger partial charge in [0.2, 0.25) is 0 Å². The highest BCUT2D eigenvalue weighted by molar-refractivity contribution is 5.93. The third-order valence-corrected chi connectivity index (χ3v) is 2.99. The zero-order valence-corrected chi connectivity index (χ0v) is 10.1. The summed E-state index contributed by atoms with van der Waals surface area (Å²) in [7, 11) is 3.93. The fourth-order valence-electron chi connectivity index (χ4n) is 1.32. The summed E-state index contributed by atoms with van der Waals surface area (Å²) >= 11 is 0. The van der Waals surface area contributed by atoms with Crippen LogP contribution in [0.5, 0.6) is 0 Å². The number of carbonyl (C=O) groups excluding carboxylic acids is 1. The van der Waals surface area contributed by atoms with Gasteiger partial charge < -0.3 is 4.90 Å². The second-order valence-corrected chi connectivity index (χ2v) is 4.70. The van der Waals surface area contributed by atoms with Crippen molar-refractivity contribution in [2.45, 2.75) is 32.2 Å². The van der Waals surface area contributed by atoms with Crippen molar-refractivity contribution in [3.8, 4) is 11.8 Å². The van der Waals surface area contributed by atoms with Gasteiger partial charge >= 0.3 is 0 Å². The fraction of sp³-hybridized carbons (Fsp3) is 0.750. The Hall–Kier alpha value is -1.01. The van der Waals surface area contributed by atoms with Gasteiger partial charge in [0.1, 0.15) is 0 Å². The molecular formula is C12H20N2O. The lowest BCUT2D eigenvalue weighted by Crippen LogP contribution is -2.37.